The van der Waals surface area contributed by atoms with Gasteiger partial charge in [0.1, 0.15) is 0 Å². The lowest BCUT2D eigenvalue weighted by Gasteiger charge is -2.48. The topological polar surface area (TPSA) is 45.2 Å². The van der Waals surface area contributed by atoms with Crippen molar-refractivity contribution in [3.63, 3.8) is 0 Å². The second kappa shape index (κ2) is 9.93. The molecule has 4 nitrogen and oxygen atoms in total. The molecule has 1 N–H and O–H groups in total. The van der Waals surface area contributed by atoms with Gasteiger partial charge in [-0.05, 0) is 93.4 Å². The number of benzene rings is 1. The first-order valence-corrected chi connectivity index (χ1v) is 14.6. The van der Waals surface area contributed by atoms with Gasteiger partial charge in [0.05, 0.1) is 5.92 Å². The van der Waals surface area contributed by atoms with E-state index in [4.69, 9.17) is 4.98 Å². The van der Waals surface area contributed by atoms with E-state index in [0.29, 0.717) is 23.8 Å². The molecule has 4 aliphatic rings. The average molecular weight is 486 g/mol. The Bertz CT molecular complexity index is 1110. The molecule has 36 heavy (non-hydrogen) atoms. The van der Waals surface area contributed by atoms with Crippen molar-refractivity contribution in [1.82, 2.24) is 15.2 Å². The van der Waals surface area contributed by atoms with Crippen LogP contribution in [0.2, 0.25) is 0 Å². The van der Waals surface area contributed by atoms with Gasteiger partial charge in [0.2, 0.25) is 5.91 Å². The van der Waals surface area contributed by atoms with Crippen LogP contribution in [0.15, 0.2) is 36.4 Å². The highest BCUT2D eigenvalue weighted by Crippen LogP contribution is 2.47. The third-order valence-electron chi connectivity index (χ3n) is 10.2. The largest absolute Gasteiger partial charge is 0.339 e. The van der Waals surface area contributed by atoms with E-state index in [-0.39, 0.29) is 11.3 Å². The van der Waals surface area contributed by atoms with Crippen molar-refractivity contribution in [2.24, 2.45) is 11.8 Å². The van der Waals surface area contributed by atoms with Crippen molar-refractivity contribution in [3.05, 3.63) is 64.5 Å². The van der Waals surface area contributed by atoms with Crippen molar-refractivity contribution < 1.29 is 4.79 Å². The number of piperidine rings is 1. The number of nitrogens with one attached hydrogen (secondary N) is 1. The number of carbonyl (C=O) groups excluding carboxylic acids is 1. The van der Waals surface area contributed by atoms with E-state index < -0.39 is 0 Å². The number of aromatic nitrogens is 1. The van der Waals surface area contributed by atoms with Gasteiger partial charge < -0.3 is 10.2 Å². The van der Waals surface area contributed by atoms with Gasteiger partial charge in [-0.15, -0.1) is 0 Å². The number of carbonyl (C=O) groups is 1. The number of pyridine rings is 1. The molecule has 1 aromatic carbocycles. The van der Waals surface area contributed by atoms with Crippen LogP contribution in [-0.4, -0.2) is 41.5 Å². The van der Waals surface area contributed by atoms with Gasteiger partial charge in [-0.1, -0.05) is 49.6 Å². The summed E-state index contributed by atoms with van der Waals surface area (Å²) in [6.45, 7) is 6.97. The van der Waals surface area contributed by atoms with Crippen LogP contribution in [0.3, 0.4) is 0 Å². The molecule has 3 fully saturated rings. The molecule has 6 rings (SSSR count). The molecule has 2 aliphatic heterocycles. The Morgan fingerprint density at radius 1 is 1.03 bits per heavy atom. The molecule has 4 atom stereocenters. The fraction of sp³-hybridized carbons (Fsp3) is 0.625. The molecule has 3 heterocycles. The molecule has 1 saturated carbocycles. The van der Waals surface area contributed by atoms with Crippen molar-refractivity contribution in [2.45, 2.75) is 95.4 Å². The predicted molar refractivity (Wildman–Crippen MR) is 145 cm³/mol. The summed E-state index contributed by atoms with van der Waals surface area (Å²) in [5.74, 6) is 1.68. The predicted octanol–water partition coefficient (Wildman–Crippen LogP) is 5.85. The molecule has 0 bridgehead atoms. The van der Waals surface area contributed by atoms with Gasteiger partial charge >= 0.3 is 0 Å². The summed E-state index contributed by atoms with van der Waals surface area (Å²) >= 11 is 0. The van der Waals surface area contributed by atoms with Crippen LogP contribution in [0.5, 0.6) is 0 Å². The Morgan fingerprint density at radius 3 is 2.69 bits per heavy atom. The molecule has 1 spiro atoms. The second-order valence-corrected chi connectivity index (χ2v) is 12.2. The quantitative estimate of drug-likeness (QED) is 0.593. The van der Waals surface area contributed by atoms with Gasteiger partial charge in [-0.3, -0.25) is 9.78 Å². The SMILES string of the molecule is Cc1ccc2c(n1)CCC[C@]21CNC[C@H]1C(=O)N1CC[C@@H](c2ccccc2C)C[C@H]1C1CCCCC1. The Kier molecular flexibility index (Phi) is 6.66. The van der Waals surface area contributed by atoms with E-state index >= 15 is 0 Å². The van der Waals surface area contributed by atoms with E-state index in [2.05, 4.69) is 60.5 Å². The Morgan fingerprint density at radius 2 is 1.86 bits per heavy atom. The standard InChI is InChI=1S/C32H43N3O/c1-22-9-6-7-12-26(22)25-16-18-35(30(19-25)24-10-4-3-5-11-24)31(36)28-20-33-21-32(28)17-8-13-29-27(32)15-14-23(2)34-29/h6-7,9,12,14-15,24-25,28,30,33H,3-5,8,10-11,13,16-21H2,1-2H3/t25-,28+,30+,32+/m1/s1. The molecule has 1 amide bonds. The maximum absolute atomic E-state index is 14.6. The zero-order valence-electron chi connectivity index (χ0n) is 22.3. The number of rotatable bonds is 3. The highest BCUT2D eigenvalue weighted by Gasteiger charge is 2.52. The van der Waals surface area contributed by atoms with Gasteiger partial charge in [0.25, 0.3) is 0 Å². The molecule has 2 aromatic rings. The third kappa shape index (κ3) is 4.20. The second-order valence-electron chi connectivity index (χ2n) is 12.2. The number of nitrogens with zero attached hydrogens (tertiary/aromatic N) is 2. The fourth-order valence-corrected chi connectivity index (χ4v) is 8.35. The number of fused-ring (bicyclic) bond motifs is 2. The summed E-state index contributed by atoms with van der Waals surface area (Å²) in [7, 11) is 0. The Balaban J connectivity index is 1.31. The summed E-state index contributed by atoms with van der Waals surface area (Å²) < 4.78 is 0. The maximum Gasteiger partial charge on any atom is 0.228 e. The summed E-state index contributed by atoms with van der Waals surface area (Å²) in [5, 5.41) is 3.67. The van der Waals surface area contributed by atoms with Gasteiger partial charge in [-0.25, -0.2) is 0 Å². The molecule has 192 valence electrons. The molecule has 0 radical (unpaired) electrons. The van der Waals surface area contributed by atoms with Crippen LogP contribution in [0, 0.1) is 25.7 Å². The minimum atomic E-state index is -0.0879. The normalized spacial score (nSPS) is 30.9. The van der Waals surface area contributed by atoms with Crippen molar-refractivity contribution in [2.75, 3.05) is 19.6 Å². The molecule has 4 heteroatoms. The van der Waals surface area contributed by atoms with Gasteiger partial charge in [0.15, 0.2) is 0 Å². The summed E-state index contributed by atoms with van der Waals surface area (Å²) in [6.07, 6.45) is 12.1. The number of hydrogen-bond acceptors (Lipinski definition) is 3. The third-order valence-corrected chi connectivity index (χ3v) is 10.2. The van der Waals surface area contributed by atoms with Crippen molar-refractivity contribution in [3.8, 4) is 0 Å². The fourth-order valence-electron chi connectivity index (χ4n) is 8.35. The highest BCUT2D eigenvalue weighted by atomic mass is 16.2. The van der Waals surface area contributed by atoms with Crippen LogP contribution in [0.4, 0.5) is 0 Å². The van der Waals surface area contributed by atoms with E-state index in [0.717, 1.165) is 57.4 Å². The first kappa shape index (κ1) is 24.2. The number of hydrogen-bond donors (Lipinski definition) is 1. The smallest absolute Gasteiger partial charge is 0.228 e. The van der Waals surface area contributed by atoms with Gasteiger partial charge in [-0.2, -0.15) is 0 Å². The lowest BCUT2D eigenvalue weighted by Crippen LogP contribution is -2.55. The maximum atomic E-state index is 14.6. The summed E-state index contributed by atoms with van der Waals surface area (Å²) in [4.78, 5) is 21.9. The van der Waals surface area contributed by atoms with E-state index in [1.165, 1.54) is 54.5 Å². The molecular formula is C32H43N3O. The molecule has 0 unspecified atom stereocenters. The number of likely N-dealkylation sites (tertiary alicyclic amines) is 1. The molecule has 2 aliphatic carbocycles. The van der Waals surface area contributed by atoms with Crippen LogP contribution in [0.1, 0.15) is 91.8 Å². The van der Waals surface area contributed by atoms with E-state index in [9.17, 15) is 4.79 Å². The molecule has 2 saturated heterocycles. The number of amides is 1. The highest BCUT2D eigenvalue weighted by molar-refractivity contribution is 5.82. The zero-order valence-corrected chi connectivity index (χ0v) is 22.3. The number of aryl methyl sites for hydroxylation is 3. The van der Waals surface area contributed by atoms with Gasteiger partial charge in [0, 0.05) is 42.5 Å². The van der Waals surface area contributed by atoms with Crippen LogP contribution < -0.4 is 5.32 Å². The lowest BCUT2D eigenvalue weighted by molar-refractivity contribution is -0.143. The monoisotopic (exact) mass is 485 g/mol. The average Bonchev–Trinajstić information content (AvgIpc) is 3.32. The lowest BCUT2D eigenvalue weighted by atomic mass is 9.64. The summed E-state index contributed by atoms with van der Waals surface area (Å²) in [6, 6.07) is 13.8. The van der Waals surface area contributed by atoms with Crippen molar-refractivity contribution in [1.29, 1.82) is 0 Å². The Labute approximate surface area is 217 Å². The van der Waals surface area contributed by atoms with Crippen molar-refractivity contribution >= 4 is 5.91 Å². The van der Waals surface area contributed by atoms with Crippen LogP contribution in [-0.2, 0) is 16.6 Å². The minimum absolute atomic E-state index is 0.0298. The van der Waals surface area contributed by atoms with E-state index in [1.54, 1.807) is 0 Å². The summed E-state index contributed by atoms with van der Waals surface area (Å²) in [5.41, 5.74) is 6.51. The molecule has 1 aromatic heterocycles. The zero-order chi connectivity index (χ0) is 24.7. The van der Waals surface area contributed by atoms with E-state index in [1.807, 2.05) is 0 Å². The molecular weight excluding hydrogens is 442 g/mol. The minimum Gasteiger partial charge on any atom is -0.339 e. The van der Waals surface area contributed by atoms with Crippen LogP contribution >= 0.6 is 0 Å². The first-order chi connectivity index (χ1) is 17.6. The first-order valence-electron chi connectivity index (χ1n) is 14.6. The Hall–Kier alpha value is -2.20. The van der Waals surface area contributed by atoms with Crippen LogP contribution in [0.25, 0.3) is 0 Å².